The van der Waals surface area contributed by atoms with Crippen molar-refractivity contribution in [2.24, 2.45) is 0 Å². The van der Waals surface area contributed by atoms with Gasteiger partial charge in [0.2, 0.25) is 0 Å². The fourth-order valence-electron chi connectivity index (χ4n) is 0.264. The molecule has 3 atom stereocenters. The maximum atomic E-state index is 9.74. The fourth-order valence-corrected chi connectivity index (χ4v) is 0.264. The molecule has 0 fully saturated rings. The maximum absolute atomic E-state index is 9.74. The Morgan fingerprint density at radius 2 is 0.967 bits per heavy atom. The van der Waals surface area contributed by atoms with Gasteiger partial charge in [0.05, 0.1) is 28.2 Å². The Morgan fingerprint density at radius 3 is 1.00 bits per heavy atom. The molecule has 3 unspecified atom stereocenters. The first-order valence-electron chi connectivity index (χ1n) is 4.89. The number of halogens is 2. The van der Waals surface area contributed by atoms with Crippen LogP contribution < -0.4 is 92.6 Å². The van der Waals surface area contributed by atoms with E-state index in [9.17, 15) is 24.6 Å². The van der Waals surface area contributed by atoms with Crippen LogP contribution in [0.4, 0.5) is 0 Å². The number of rotatable bonds is 4. The second-order valence-electron chi connectivity index (χ2n) is 2.99. The van der Waals surface area contributed by atoms with E-state index in [1.54, 1.807) is 0 Å². The predicted molar refractivity (Wildman–Crippen MR) is 67.1 cm³/mol. The van der Waals surface area contributed by atoms with Gasteiger partial charge in [-0.2, -0.15) is 0 Å². The molecule has 0 aliphatic heterocycles. The SMILES string of the molecule is CC(O)C(=O)[O-].N.O=C([O-])C(O)C(O)C(=O)O.O=[N+]([O-])[O-].O=[N+]([O-])[O-].[Cl-].[Cl-].[Gd+3].[K+].[Ni+2]. The van der Waals surface area contributed by atoms with E-state index in [0.29, 0.717) is 0 Å². The molecule has 0 aromatic rings. The van der Waals surface area contributed by atoms with Crippen LogP contribution >= 0.6 is 0 Å². The molecule has 30 heavy (non-hydrogen) atoms. The van der Waals surface area contributed by atoms with Gasteiger partial charge in [-0.25, -0.2) is 4.79 Å². The number of carboxylic acids is 3. The van der Waals surface area contributed by atoms with Crippen LogP contribution in [0.5, 0.6) is 0 Å². The summed E-state index contributed by atoms with van der Waals surface area (Å²) in [5, 5.41) is 80.9. The molecule has 0 bridgehead atoms. The monoisotopic (exact) mass is 704 g/mol. The molecule has 0 aliphatic rings. The average molecular weight is 705 g/mol. The number of hydrogen-bond donors (Lipinski definition) is 5. The van der Waals surface area contributed by atoms with E-state index >= 15 is 0 Å². The van der Waals surface area contributed by atoms with Crippen LogP contribution in [0.3, 0.4) is 0 Å². The Balaban J connectivity index is -0.0000000222. The molecule has 1 radical (unpaired) electrons. The molecular weight excluding hydrogens is 692 g/mol. The zero-order valence-corrected chi connectivity index (χ0v) is 22.4. The molecular formula is C7H13Cl2GdKN3NiO15. The van der Waals surface area contributed by atoms with Crippen LogP contribution in [0.25, 0.3) is 0 Å². The summed E-state index contributed by atoms with van der Waals surface area (Å²) < 4.78 is 0. The molecule has 0 aliphatic carbocycles. The molecule has 18 nitrogen and oxygen atoms in total. The van der Waals surface area contributed by atoms with Gasteiger partial charge in [0, 0.05) is 0 Å². The Kier molecular flexibility index (Phi) is 84.4. The molecule has 0 saturated carbocycles. The number of hydrogen-bond acceptors (Lipinski definition) is 15. The summed E-state index contributed by atoms with van der Waals surface area (Å²) in [6.45, 7) is 1.13. The third-order valence-corrected chi connectivity index (χ3v) is 1.13. The number of nitrogens with zero attached hydrogens (tertiary/aromatic N) is 2. The van der Waals surface area contributed by atoms with Crippen LogP contribution in [-0.4, -0.2) is 66.8 Å². The smallest absolute Gasteiger partial charge is 1.00 e. The minimum atomic E-state index is -2.38. The Labute approximate surface area is 264 Å². The van der Waals surface area contributed by atoms with E-state index in [1.807, 2.05) is 0 Å². The zero-order valence-electron chi connectivity index (χ0n) is 14.5. The van der Waals surface area contributed by atoms with Crippen molar-refractivity contribution in [1.29, 1.82) is 0 Å². The molecule has 0 aromatic carbocycles. The van der Waals surface area contributed by atoms with Crippen LogP contribution in [0.1, 0.15) is 6.92 Å². The van der Waals surface area contributed by atoms with E-state index in [0.717, 1.165) is 6.92 Å². The third kappa shape index (κ3) is 79.0. The van der Waals surface area contributed by atoms with Crippen molar-refractivity contribution in [2.45, 2.75) is 25.2 Å². The number of carboxylic acid groups (broad SMARTS) is 3. The quantitative estimate of drug-likeness (QED) is 0.103. The van der Waals surface area contributed by atoms with Gasteiger partial charge in [0.1, 0.15) is 6.10 Å². The van der Waals surface area contributed by atoms with E-state index in [-0.39, 0.29) is 139 Å². The molecule has 0 aromatic heterocycles. The summed E-state index contributed by atoms with van der Waals surface area (Å²) >= 11 is 0. The number of aliphatic hydroxyl groups is 3. The van der Waals surface area contributed by atoms with Gasteiger partial charge >= 0.3 is 114 Å². The average Bonchev–Trinajstić information content (AvgIpc) is 2.35. The van der Waals surface area contributed by atoms with Gasteiger partial charge in [-0.3, -0.25) is 0 Å². The fraction of sp³-hybridized carbons (Fsp3) is 0.571. The normalized spacial score (nSPS) is 9.60. The van der Waals surface area contributed by atoms with E-state index in [2.05, 4.69) is 0 Å². The van der Waals surface area contributed by atoms with E-state index in [4.69, 9.17) is 51.1 Å². The molecule has 7 N–H and O–H groups in total. The second-order valence-corrected chi connectivity index (χ2v) is 2.99. The Morgan fingerprint density at radius 1 is 0.800 bits per heavy atom. The van der Waals surface area contributed by atoms with Crippen LogP contribution in [0.15, 0.2) is 0 Å². The first-order valence-corrected chi connectivity index (χ1v) is 4.89. The number of carbonyl (C=O) groups is 3. The predicted octanol–water partition coefficient (Wildman–Crippen LogP) is -14.6. The molecule has 23 heteroatoms. The topological polar surface area (TPSA) is 346 Å². The van der Waals surface area contributed by atoms with Gasteiger partial charge in [0.25, 0.3) is 0 Å². The molecule has 0 heterocycles. The first-order chi connectivity index (χ1) is 10.6. The van der Waals surface area contributed by atoms with Crippen LogP contribution in [0, 0.1) is 70.6 Å². The summed E-state index contributed by atoms with van der Waals surface area (Å²) in [6.07, 6.45) is -6.05. The second kappa shape index (κ2) is 40.1. The summed E-state index contributed by atoms with van der Waals surface area (Å²) in [5.41, 5.74) is 0. The van der Waals surface area contributed by atoms with E-state index < -0.39 is 46.4 Å². The molecule has 0 amide bonds. The van der Waals surface area contributed by atoms with Gasteiger partial charge in [-0.15, -0.1) is 0 Å². The van der Waals surface area contributed by atoms with Crippen molar-refractivity contribution in [1.82, 2.24) is 6.15 Å². The van der Waals surface area contributed by atoms with Crippen molar-refractivity contribution < 1.29 is 188 Å². The minimum absolute atomic E-state index is 0. The minimum Gasteiger partial charge on any atom is -1.00 e. The summed E-state index contributed by atoms with van der Waals surface area (Å²) in [5.74, 6) is -5.26. The largest absolute Gasteiger partial charge is 3.00 e. The van der Waals surface area contributed by atoms with Crippen molar-refractivity contribution >= 4 is 17.9 Å². The van der Waals surface area contributed by atoms with E-state index in [1.165, 1.54) is 0 Å². The van der Waals surface area contributed by atoms with Crippen LogP contribution in [0.2, 0.25) is 0 Å². The van der Waals surface area contributed by atoms with Gasteiger partial charge < -0.3 is 102 Å². The number of aliphatic hydroxyl groups excluding tert-OH is 3. The Bertz CT molecular complexity index is 414. The summed E-state index contributed by atoms with van der Waals surface area (Å²) in [6, 6.07) is 0. The zero-order chi connectivity index (χ0) is 20.6. The van der Waals surface area contributed by atoms with Crippen molar-refractivity contribution in [3.63, 3.8) is 0 Å². The molecule has 0 spiro atoms. The summed E-state index contributed by atoms with van der Waals surface area (Å²) in [4.78, 5) is 45.2. The standard InChI is InChI=1S/C4H6O6.C3H6O3.2ClH.Gd.K.2NO3.H3N.Ni/c5-1(3(7)8)2(6)4(9)10;1-2(4)3(5)6;;;;;2*2-1(3)4;;/h1-2,5-6H,(H,7,8)(H,9,10);2,4H,1H3,(H,5,6);2*1H;;;;;1H3;/q;;;;+3;+1;2*-1;;+2/p-4. The Hall–Kier alpha value is 0.685. The van der Waals surface area contributed by atoms with Gasteiger partial charge in [0.15, 0.2) is 6.10 Å². The molecule has 179 valence electrons. The van der Waals surface area contributed by atoms with Gasteiger partial charge in [-0.05, 0) is 6.92 Å². The maximum Gasteiger partial charge on any atom is 3.00 e. The molecule has 0 rings (SSSR count). The third-order valence-electron chi connectivity index (χ3n) is 1.13. The number of carbonyl (C=O) groups excluding carboxylic acids is 2. The van der Waals surface area contributed by atoms with Crippen molar-refractivity contribution in [2.75, 3.05) is 0 Å². The van der Waals surface area contributed by atoms with Crippen molar-refractivity contribution in [3.05, 3.63) is 30.6 Å². The van der Waals surface area contributed by atoms with Crippen molar-refractivity contribution in [3.8, 4) is 0 Å². The molecule has 0 saturated heterocycles. The number of aliphatic carboxylic acids is 3. The van der Waals surface area contributed by atoms with Gasteiger partial charge in [-0.1, -0.05) is 0 Å². The summed E-state index contributed by atoms with van der Waals surface area (Å²) in [7, 11) is 0. The van der Waals surface area contributed by atoms with Crippen LogP contribution in [-0.2, 0) is 30.9 Å². The first kappa shape index (κ1) is 63.2.